The van der Waals surface area contributed by atoms with Crippen LogP contribution in [-0.2, 0) is 6.54 Å². The summed E-state index contributed by atoms with van der Waals surface area (Å²) >= 11 is 0. The second-order valence-corrected chi connectivity index (χ2v) is 5.04. The van der Waals surface area contributed by atoms with Crippen molar-refractivity contribution in [2.24, 2.45) is 0 Å². The molecule has 1 aromatic carbocycles. The van der Waals surface area contributed by atoms with Crippen LogP contribution in [0.3, 0.4) is 0 Å². The van der Waals surface area contributed by atoms with Gasteiger partial charge in [-0.15, -0.1) is 5.10 Å². The highest BCUT2D eigenvalue weighted by Crippen LogP contribution is 2.18. The zero-order valence-corrected chi connectivity index (χ0v) is 13.3. The molecule has 3 rings (SSSR count). The Morgan fingerprint density at radius 1 is 1.08 bits per heavy atom. The van der Waals surface area contributed by atoms with Crippen LogP contribution in [0.15, 0.2) is 56.3 Å². The number of aromatic nitrogens is 2. The first-order chi connectivity index (χ1) is 11.8. The fourth-order valence-electron chi connectivity index (χ4n) is 2.05. The molecule has 7 heteroatoms. The molecular weight excluding hydrogens is 312 g/mol. The summed E-state index contributed by atoms with van der Waals surface area (Å²) in [4.78, 5) is 11.7. The molecule has 0 radical (unpaired) electrons. The van der Waals surface area contributed by atoms with E-state index in [1.54, 1.807) is 12.1 Å². The molecule has 0 amide bonds. The molecular formula is C17H18N2O5. The summed E-state index contributed by atoms with van der Waals surface area (Å²) in [7, 11) is 0. The number of furan rings is 1. The van der Waals surface area contributed by atoms with Crippen molar-refractivity contribution in [3.05, 3.63) is 53.2 Å². The fourth-order valence-corrected chi connectivity index (χ4v) is 2.05. The molecule has 126 valence electrons. The molecule has 0 unspecified atom stereocenters. The predicted molar refractivity (Wildman–Crippen MR) is 86.2 cm³/mol. The molecule has 0 bridgehead atoms. The molecule has 0 saturated carbocycles. The van der Waals surface area contributed by atoms with E-state index in [1.807, 2.05) is 24.3 Å². The summed E-state index contributed by atoms with van der Waals surface area (Å²) in [6.45, 7) is 3.31. The molecule has 0 saturated heterocycles. The molecule has 0 aliphatic heterocycles. The van der Waals surface area contributed by atoms with Gasteiger partial charge in [-0.2, -0.15) is 4.68 Å². The molecule has 3 aromatic rings. The Bertz CT molecular complexity index is 802. The molecule has 0 atom stereocenters. The van der Waals surface area contributed by atoms with E-state index >= 15 is 0 Å². The van der Waals surface area contributed by atoms with E-state index in [0.717, 1.165) is 12.2 Å². The van der Waals surface area contributed by atoms with Crippen LogP contribution in [0.25, 0.3) is 11.7 Å². The number of hydrogen-bond acceptors (Lipinski definition) is 6. The minimum Gasteiger partial charge on any atom is -0.494 e. The van der Waals surface area contributed by atoms with Crippen molar-refractivity contribution in [3.63, 3.8) is 0 Å². The van der Waals surface area contributed by atoms with Crippen LogP contribution in [-0.4, -0.2) is 23.0 Å². The van der Waals surface area contributed by atoms with Crippen molar-refractivity contribution in [2.45, 2.75) is 19.9 Å². The van der Waals surface area contributed by atoms with Crippen LogP contribution in [0.4, 0.5) is 0 Å². The minimum atomic E-state index is -0.548. The van der Waals surface area contributed by atoms with Gasteiger partial charge in [-0.05, 0) is 42.8 Å². The smallest absolute Gasteiger partial charge is 0.437 e. The van der Waals surface area contributed by atoms with Gasteiger partial charge in [0.25, 0.3) is 5.89 Å². The molecule has 24 heavy (non-hydrogen) atoms. The van der Waals surface area contributed by atoms with Crippen molar-refractivity contribution in [1.82, 2.24) is 9.78 Å². The average Bonchev–Trinajstić information content (AvgIpc) is 3.24. The standard InChI is InChI=1S/C17H18N2O5/c1-2-10-21-13-5-7-14(8-6-13)22-12-9-19-17(20)24-16(18-19)15-4-3-11-23-15/h3-8,11H,2,9-10,12H2,1H3. The van der Waals surface area contributed by atoms with Gasteiger partial charge < -0.3 is 18.3 Å². The van der Waals surface area contributed by atoms with Gasteiger partial charge in [0.1, 0.15) is 18.1 Å². The largest absolute Gasteiger partial charge is 0.494 e. The number of benzene rings is 1. The zero-order valence-electron chi connectivity index (χ0n) is 13.3. The van der Waals surface area contributed by atoms with E-state index in [4.69, 9.17) is 18.3 Å². The van der Waals surface area contributed by atoms with Crippen molar-refractivity contribution in [1.29, 1.82) is 0 Å². The summed E-state index contributed by atoms with van der Waals surface area (Å²) in [5.41, 5.74) is 0. The van der Waals surface area contributed by atoms with E-state index in [-0.39, 0.29) is 12.4 Å². The van der Waals surface area contributed by atoms with Gasteiger partial charge in [-0.25, -0.2) is 4.79 Å². The Morgan fingerprint density at radius 2 is 1.79 bits per heavy atom. The summed E-state index contributed by atoms with van der Waals surface area (Å²) < 4.78 is 22.5. The Hall–Kier alpha value is -2.96. The van der Waals surface area contributed by atoms with Gasteiger partial charge in [0.05, 0.1) is 19.4 Å². The first-order valence-corrected chi connectivity index (χ1v) is 7.74. The van der Waals surface area contributed by atoms with Crippen molar-refractivity contribution in [2.75, 3.05) is 13.2 Å². The quantitative estimate of drug-likeness (QED) is 0.632. The first-order valence-electron chi connectivity index (χ1n) is 7.74. The van der Waals surface area contributed by atoms with Crippen LogP contribution < -0.4 is 15.2 Å². The van der Waals surface area contributed by atoms with Gasteiger partial charge in [0.2, 0.25) is 0 Å². The van der Waals surface area contributed by atoms with Crippen LogP contribution in [0.2, 0.25) is 0 Å². The third kappa shape index (κ3) is 3.87. The lowest BCUT2D eigenvalue weighted by atomic mass is 10.3. The molecule has 0 aliphatic carbocycles. The molecule has 7 nitrogen and oxygen atoms in total. The van der Waals surface area contributed by atoms with Gasteiger partial charge in [-0.3, -0.25) is 0 Å². The van der Waals surface area contributed by atoms with E-state index < -0.39 is 5.76 Å². The Labute approximate surface area is 138 Å². The third-order valence-corrected chi connectivity index (χ3v) is 3.21. The normalized spacial score (nSPS) is 10.7. The molecule has 0 N–H and O–H groups in total. The van der Waals surface area contributed by atoms with E-state index in [1.165, 1.54) is 10.9 Å². The van der Waals surface area contributed by atoms with Gasteiger partial charge in [0, 0.05) is 0 Å². The van der Waals surface area contributed by atoms with Crippen molar-refractivity contribution < 1.29 is 18.3 Å². The highest BCUT2D eigenvalue weighted by molar-refractivity contribution is 5.42. The second-order valence-electron chi connectivity index (χ2n) is 5.04. The second kappa shape index (κ2) is 7.54. The van der Waals surface area contributed by atoms with E-state index in [2.05, 4.69) is 12.0 Å². The van der Waals surface area contributed by atoms with Crippen LogP contribution in [0, 0.1) is 0 Å². The maximum atomic E-state index is 11.7. The Kier molecular flexibility index (Phi) is 5.00. The molecule has 0 spiro atoms. The van der Waals surface area contributed by atoms with Crippen LogP contribution >= 0.6 is 0 Å². The lowest BCUT2D eigenvalue weighted by Crippen LogP contribution is -2.20. The van der Waals surface area contributed by atoms with Crippen molar-refractivity contribution in [3.8, 4) is 23.1 Å². The van der Waals surface area contributed by atoms with E-state index in [9.17, 15) is 4.79 Å². The lowest BCUT2D eigenvalue weighted by Gasteiger charge is -2.07. The number of rotatable bonds is 8. The van der Waals surface area contributed by atoms with Gasteiger partial charge >= 0.3 is 5.76 Å². The predicted octanol–water partition coefficient (Wildman–Crippen LogP) is 2.96. The van der Waals surface area contributed by atoms with E-state index in [0.29, 0.717) is 24.7 Å². The molecule has 2 aromatic heterocycles. The number of ether oxygens (including phenoxy) is 2. The monoisotopic (exact) mass is 330 g/mol. The lowest BCUT2D eigenvalue weighted by molar-refractivity contribution is 0.283. The minimum absolute atomic E-state index is 0.155. The third-order valence-electron chi connectivity index (χ3n) is 3.21. The summed E-state index contributed by atoms with van der Waals surface area (Å²) in [5.74, 6) is 1.52. The van der Waals surface area contributed by atoms with Crippen LogP contribution in [0.1, 0.15) is 13.3 Å². The molecule has 0 fully saturated rings. The number of nitrogens with zero attached hydrogens (tertiary/aromatic N) is 2. The Morgan fingerprint density at radius 3 is 2.42 bits per heavy atom. The Balaban J connectivity index is 1.54. The average molecular weight is 330 g/mol. The highest BCUT2D eigenvalue weighted by atomic mass is 16.5. The summed E-state index contributed by atoms with van der Waals surface area (Å²) in [6, 6.07) is 10.7. The first kappa shape index (κ1) is 15.9. The summed E-state index contributed by atoms with van der Waals surface area (Å²) in [5, 5.41) is 4.08. The topological polar surface area (TPSA) is 79.6 Å². The maximum absolute atomic E-state index is 11.7. The van der Waals surface area contributed by atoms with Crippen LogP contribution in [0.5, 0.6) is 11.5 Å². The number of hydrogen-bond donors (Lipinski definition) is 0. The molecule has 2 heterocycles. The fraction of sp³-hybridized carbons (Fsp3) is 0.294. The maximum Gasteiger partial charge on any atom is 0.437 e. The van der Waals surface area contributed by atoms with Crippen molar-refractivity contribution >= 4 is 0 Å². The SMILES string of the molecule is CCCOc1ccc(OCCn2nc(-c3ccco3)oc2=O)cc1. The zero-order chi connectivity index (χ0) is 16.8. The van der Waals surface area contributed by atoms with Gasteiger partial charge in [0.15, 0.2) is 5.76 Å². The highest BCUT2D eigenvalue weighted by Gasteiger charge is 2.12. The molecule has 0 aliphatic rings. The summed E-state index contributed by atoms with van der Waals surface area (Å²) in [6.07, 6.45) is 2.45. The van der Waals surface area contributed by atoms with Gasteiger partial charge in [-0.1, -0.05) is 6.92 Å².